The molecule has 0 aromatic heterocycles. The fraction of sp³-hybridized carbons (Fsp3) is 0.348. The van der Waals surface area contributed by atoms with E-state index in [1.165, 1.54) is 12.1 Å². The Labute approximate surface area is 171 Å². The largest absolute Gasteiger partial charge is 0.337 e. The lowest BCUT2D eigenvalue weighted by Gasteiger charge is -2.31. The molecule has 0 saturated carbocycles. The second kappa shape index (κ2) is 9.01. The predicted molar refractivity (Wildman–Crippen MR) is 116 cm³/mol. The van der Waals surface area contributed by atoms with E-state index in [1.54, 1.807) is 12.1 Å². The normalized spacial score (nSPS) is 15.2. The molecule has 0 unspecified atom stereocenters. The number of carbonyl (C=O) groups is 1. The van der Waals surface area contributed by atoms with Crippen LogP contribution in [-0.2, 0) is 4.79 Å². The summed E-state index contributed by atoms with van der Waals surface area (Å²) in [5.41, 5.74) is 3.16. The third-order valence-corrected chi connectivity index (χ3v) is 5.34. The lowest BCUT2D eigenvalue weighted by molar-refractivity contribution is -0.384. The van der Waals surface area contributed by atoms with Gasteiger partial charge in [-0.2, -0.15) is 0 Å². The van der Waals surface area contributed by atoms with Crippen molar-refractivity contribution in [1.29, 1.82) is 0 Å². The standard InChI is InChI=1S/C23H27N3O3/c1-17(2)19-8-4-5-9-20(19)23-18(7-6-10-21(23)26(28)29)11-12-22(27)25-15-13-24(3)14-16-25/h4-12,17H,13-16H2,1-3H3/b12-11+. The third-order valence-electron chi connectivity index (χ3n) is 5.34. The number of hydrogen-bond acceptors (Lipinski definition) is 4. The van der Waals surface area contributed by atoms with Crippen molar-refractivity contribution < 1.29 is 9.72 Å². The maximum atomic E-state index is 12.6. The van der Waals surface area contributed by atoms with E-state index < -0.39 is 0 Å². The number of carbonyl (C=O) groups excluding carboxylic acids is 1. The molecule has 0 bridgehead atoms. The first-order valence-corrected chi connectivity index (χ1v) is 9.90. The summed E-state index contributed by atoms with van der Waals surface area (Å²) >= 11 is 0. The monoisotopic (exact) mass is 393 g/mol. The van der Waals surface area contributed by atoms with E-state index >= 15 is 0 Å². The smallest absolute Gasteiger partial charge is 0.277 e. The Morgan fingerprint density at radius 3 is 2.41 bits per heavy atom. The first-order valence-electron chi connectivity index (χ1n) is 9.90. The number of benzene rings is 2. The molecule has 0 radical (unpaired) electrons. The van der Waals surface area contributed by atoms with Gasteiger partial charge in [0.25, 0.3) is 5.69 Å². The molecule has 152 valence electrons. The molecule has 1 fully saturated rings. The van der Waals surface area contributed by atoms with Gasteiger partial charge in [-0.1, -0.05) is 50.2 Å². The van der Waals surface area contributed by atoms with Gasteiger partial charge in [-0.3, -0.25) is 14.9 Å². The summed E-state index contributed by atoms with van der Waals surface area (Å²) in [5.74, 6) is 0.155. The fourth-order valence-electron chi connectivity index (χ4n) is 3.66. The molecule has 1 saturated heterocycles. The highest BCUT2D eigenvalue weighted by Gasteiger charge is 2.22. The third kappa shape index (κ3) is 4.71. The Bertz CT molecular complexity index is 929. The van der Waals surface area contributed by atoms with E-state index in [9.17, 15) is 14.9 Å². The Kier molecular flexibility index (Phi) is 6.44. The van der Waals surface area contributed by atoms with E-state index in [-0.39, 0.29) is 22.4 Å². The van der Waals surface area contributed by atoms with Gasteiger partial charge in [-0.15, -0.1) is 0 Å². The Morgan fingerprint density at radius 1 is 1.07 bits per heavy atom. The molecule has 2 aromatic carbocycles. The highest BCUT2D eigenvalue weighted by molar-refractivity contribution is 5.94. The molecule has 0 atom stereocenters. The van der Waals surface area contributed by atoms with Crippen LogP contribution in [0.5, 0.6) is 0 Å². The van der Waals surface area contributed by atoms with Crippen LogP contribution in [0.2, 0.25) is 0 Å². The van der Waals surface area contributed by atoms with Crippen molar-refractivity contribution >= 4 is 17.7 Å². The van der Waals surface area contributed by atoms with Crippen LogP contribution in [0.3, 0.4) is 0 Å². The number of amides is 1. The van der Waals surface area contributed by atoms with Crippen molar-refractivity contribution in [3.05, 3.63) is 69.8 Å². The minimum atomic E-state index is -0.355. The molecule has 1 aliphatic heterocycles. The van der Waals surface area contributed by atoms with Gasteiger partial charge in [-0.25, -0.2) is 0 Å². The zero-order valence-corrected chi connectivity index (χ0v) is 17.2. The fourth-order valence-corrected chi connectivity index (χ4v) is 3.66. The molecule has 29 heavy (non-hydrogen) atoms. The Hall–Kier alpha value is -2.99. The molecule has 1 heterocycles. The molecule has 0 N–H and O–H groups in total. The number of likely N-dealkylation sites (N-methyl/N-ethyl adjacent to an activating group) is 1. The molecule has 6 heteroatoms. The van der Waals surface area contributed by atoms with E-state index in [0.717, 1.165) is 24.2 Å². The zero-order valence-electron chi connectivity index (χ0n) is 17.2. The molecule has 1 aliphatic rings. The maximum Gasteiger partial charge on any atom is 0.277 e. The summed E-state index contributed by atoms with van der Waals surface area (Å²) in [6.45, 7) is 7.22. The second-order valence-corrected chi connectivity index (χ2v) is 7.70. The van der Waals surface area contributed by atoms with E-state index in [2.05, 4.69) is 18.7 Å². The summed E-state index contributed by atoms with van der Waals surface area (Å²) in [5, 5.41) is 11.7. The second-order valence-electron chi connectivity index (χ2n) is 7.70. The minimum absolute atomic E-state index is 0.0484. The van der Waals surface area contributed by atoms with Crippen LogP contribution in [0.1, 0.15) is 30.9 Å². The van der Waals surface area contributed by atoms with Gasteiger partial charge in [0.2, 0.25) is 5.91 Å². The number of nitro benzene ring substituents is 1. The molecule has 6 nitrogen and oxygen atoms in total. The summed E-state index contributed by atoms with van der Waals surface area (Å²) < 4.78 is 0. The van der Waals surface area contributed by atoms with Crippen LogP contribution in [-0.4, -0.2) is 53.9 Å². The Balaban J connectivity index is 2.01. The van der Waals surface area contributed by atoms with Crippen molar-refractivity contribution in [2.75, 3.05) is 33.2 Å². The molecule has 0 aliphatic carbocycles. The number of nitrogens with zero attached hydrogens (tertiary/aromatic N) is 3. The van der Waals surface area contributed by atoms with Crippen LogP contribution >= 0.6 is 0 Å². The maximum absolute atomic E-state index is 12.6. The lowest BCUT2D eigenvalue weighted by atomic mass is 9.89. The van der Waals surface area contributed by atoms with Crippen molar-refractivity contribution in [1.82, 2.24) is 9.80 Å². The van der Waals surface area contributed by atoms with E-state index in [0.29, 0.717) is 24.2 Å². The van der Waals surface area contributed by atoms with E-state index in [4.69, 9.17) is 0 Å². The van der Waals surface area contributed by atoms with Crippen molar-refractivity contribution in [2.24, 2.45) is 0 Å². The van der Waals surface area contributed by atoms with Gasteiger partial charge in [0.1, 0.15) is 0 Å². The SMILES string of the molecule is CC(C)c1ccccc1-c1c(/C=C/C(=O)N2CCN(C)CC2)cccc1[N+](=O)[O-]. The molecule has 1 amide bonds. The molecule has 2 aromatic rings. The summed E-state index contributed by atoms with van der Waals surface area (Å²) in [4.78, 5) is 28.0. The van der Waals surface area contributed by atoms with Gasteiger partial charge < -0.3 is 9.80 Å². The summed E-state index contributed by atoms with van der Waals surface area (Å²) in [6, 6.07) is 12.8. The zero-order chi connectivity index (χ0) is 21.0. The van der Waals surface area contributed by atoms with Gasteiger partial charge in [0, 0.05) is 38.3 Å². The highest BCUT2D eigenvalue weighted by atomic mass is 16.6. The average molecular weight is 393 g/mol. The number of hydrogen-bond donors (Lipinski definition) is 0. The topological polar surface area (TPSA) is 66.7 Å². The van der Waals surface area contributed by atoms with Crippen molar-refractivity contribution in [3.63, 3.8) is 0 Å². The van der Waals surface area contributed by atoms with Crippen LogP contribution in [0, 0.1) is 10.1 Å². The van der Waals surface area contributed by atoms with Crippen LogP contribution in [0.25, 0.3) is 17.2 Å². The van der Waals surface area contributed by atoms with Gasteiger partial charge in [-0.05, 0) is 35.7 Å². The van der Waals surface area contributed by atoms with Gasteiger partial charge >= 0.3 is 0 Å². The lowest BCUT2D eigenvalue weighted by Crippen LogP contribution is -2.46. The summed E-state index contributed by atoms with van der Waals surface area (Å²) in [6.07, 6.45) is 3.24. The van der Waals surface area contributed by atoms with Crippen molar-refractivity contribution in [2.45, 2.75) is 19.8 Å². The van der Waals surface area contributed by atoms with Gasteiger partial charge in [0.15, 0.2) is 0 Å². The molecule has 0 spiro atoms. The van der Waals surface area contributed by atoms with Crippen LogP contribution in [0.4, 0.5) is 5.69 Å². The first kappa shape index (κ1) is 20.7. The molecular weight excluding hydrogens is 366 g/mol. The Morgan fingerprint density at radius 2 is 1.76 bits per heavy atom. The molecule has 3 rings (SSSR count). The minimum Gasteiger partial charge on any atom is -0.337 e. The quantitative estimate of drug-likeness (QED) is 0.434. The average Bonchev–Trinajstić information content (AvgIpc) is 2.72. The predicted octanol–water partition coefficient (Wildman–Crippen LogP) is 4.17. The first-order chi connectivity index (χ1) is 13.9. The number of nitro groups is 1. The van der Waals surface area contributed by atoms with Crippen molar-refractivity contribution in [3.8, 4) is 11.1 Å². The number of rotatable bonds is 5. The van der Waals surface area contributed by atoms with E-state index in [1.807, 2.05) is 42.3 Å². The number of piperazine rings is 1. The summed E-state index contributed by atoms with van der Waals surface area (Å²) in [7, 11) is 2.04. The van der Waals surface area contributed by atoms with Crippen LogP contribution in [0.15, 0.2) is 48.5 Å². The van der Waals surface area contributed by atoms with Gasteiger partial charge in [0.05, 0.1) is 10.5 Å². The molecular formula is C23H27N3O3. The highest BCUT2D eigenvalue weighted by Crippen LogP contribution is 2.38. The van der Waals surface area contributed by atoms with Crippen LogP contribution < -0.4 is 0 Å².